The number of benzene rings is 2. The number of halogens is 2. The second-order valence-corrected chi connectivity index (χ2v) is 12.2. The number of nitrogens with one attached hydrogen (secondary N) is 2. The van der Waals surface area contributed by atoms with Gasteiger partial charge in [0.1, 0.15) is 22.5 Å². The first kappa shape index (κ1) is 25.1. The Hall–Kier alpha value is -3.00. The van der Waals surface area contributed by atoms with Gasteiger partial charge in [0.05, 0.1) is 6.54 Å². The summed E-state index contributed by atoms with van der Waals surface area (Å²) < 4.78 is 58.3. The normalized spacial score (nSPS) is 15.9. The molecule has 0 amide bonds. The van der Waals surface area contributed by atoms with Gasteiger partial charge >= 0.3 is 0 Å². The van der Waals surface area contributed by atoms with Crippen LogP contribution in [0.1, 0.15) is 22.1 Å². The maximum atomic E-state index is 13.0. The van der Waals surface area contributed by atoms with Crippen molar-refractivity contribution >= 4 is 60.2 Å². The van der Waals surface area contributed by atoms with E-state index in [-0.39, 0.29) is 35.3 Å². The third-order valence-corrected chi connectivity index (χ3v) is 8.40. The van der Waals surface area contributed by atoms with Crippen LogP contribution in [-0.4, -0.2) is 50.3 Å². The van der Waals surface area contributed by atoms with E-state index in [4.69, 9.17) is 27.6 Å². The number of nitrogens with zero attached hydrogens (tertiary/aromatic N) is 3. The smallest absolute Gasteiger partial charge is 0.241 e. The molecule has 1 aliphatic heterocycles. The molecule has 0 spiro atoms. The van der Waals surface area contributed by atoms with Crippen molar-refractivity contribution in [2.45, 2.75) is 16.8 Å². The van der Waals surface area contributed by atoms with Gasteiger partial charge in [0.25, 0.3) is 0 Å². The van der Waals surface area contributed by atoms with E-state index in [9.17, 15) is 21.6 Å². The number of sulfone groups is 1. The summed E-state index contributed by atoms with van der Waals surface area (Å²) in [6.07, 6.45) is 0. The SMILES string of the molecule is O=C(C1=NNC[C@@H]1S(=O)(=O)Cc1nnc(CS(=O)(=O)Nc2ccc(Cl)cc2)o1)c1ccc(Cl)cc1. The fraction of sp³-hybridized carbons (Fsp3) is 0.200. The zero-order valence-electron chi connectivity index (χ0n) is 17.7. The molecule has 1 aromatic heterocycles. The number of ketones is 1. The molecule has 0 saturated carbocycles. The molecule has 1 aliphatic rings. The Morgan fingerprint density at radius 1 is 0.943 bits per heavy atom. The zero-order valence-corrected chi connectivity index (χ0v) is 20.8. The minimum absolute atomic E-state index is 0.114. The van der Waals surface area contributed by atoms with Gasteiger partial charge in [-0.15, -0.1) is 10.2 Å². The van der Waals surface area contributed by atoms with E-state index in [2.05, 4.69) is 25.4 Å². The Kier molecular flexibility index (Phi) is 7.12. The molecule has 0 saturated heterocycles. The first-order chi connectivity index (χ1) is 16.5. The quantitative estimate of drug-likeness (QED) is 0.376. The molecule has 184 valence electrons. The highest BCUT2D eigenvalue weighted by Crippen LogP contribution is 2.20. The third-order valence-electron chi connectivity index (χ3n) is 4.82. The van der Waals surface area contributed by atoms with Crippen LogP contribution in [0.3, 0.4) is 0 Å². The number of hydrogen-bond donors (Lipinski definition) is 2. The topological polar surface area (TPSA) is 161 Å². The number of hydrogen-bond acceptors (Lipinski definition) is 10. The van der Waals surface area contributed by atoms with E-state index < -0.39 is 42.4 Å². The van der Waals surface area contributed by atoms with Crippen LogP contribution in [0.2, 0.25) is 10.0 Å². The van der Waals surface area contributed by atoms with Crippen molar-refractivity contribution in [2.75, 3.05) is 11.3 Å². The molecule has 2 heterocycles. The van der Waals surface area contributed by atoms with E-state index in [1.165, 1.54) is 48.5 Å². The van der Waals surface area contributed by atoms with Crippen molar-refractivity contribution in [3.8, 4) is 0 Å². The lowest BCUT2D eigenvalue weighted by atomic mass is 10.1. The van der Waals surface area contributed by atoms with Crippen molar-refractivity contribution in [2.24, 2.45) is 5.10 Å². The lowest BCUT2D eigenvalue weighted by Crippen LogP contribution is -2.36. The van der Waals surface area contributed by atoms with Crippen LogP contribution in [0.4, 0.5) is 5.69 Å². The molecule has 0 radical (unpaired) electrons. The van der Waals surface area contributed by atoms with Crippen molar-refractivity contribution in [1.29, 1.82) is 0 Å². The molecule has 4 rings (SSSR count). The molecular weight excluding hydrogens is 541 g/mol. The average Bonchev–Trinajstić information content (AvgIpc) is 3.45. The van der Waals surface area contributed by atoms with E-state index in [0.29, 0.717) is 10.0 Å². The van der Waals surface area contributed by atoms with Crippen LogP contribution in [0.15, 0.2) is 58.0 Å². The number of hydrazone groups is 1. The number of aromatic nitrogens is 2. The summed E-state index contributed by atoms with van der Waals surface area (Å²) in [5.74, 6) is -2.55. The Bertz CT molecular complexity index is 1490. The van der Waals surface area contributed by atoms with Gasteiger partial charge in [-0.3, -0.25) is 9.52 Å². The standard InChI is InChI=1S/C20H17Cl2N5O6S2/c21-13-3-1-12(2-4-13)20(28)19-16(9-23-26-19)34(29,30)10-17-24-25-18(33-17)11-35(31,32)27-15-7-5-14(22)6-8-15/h1-8,16,23,27H,9-11H2/t16-/m0/s1. The van der Waals surface area contributed by atoms with Crippen LogP contribution in [0, 0.1) is 0 Å². The predicted molar refractivity (Wildman–Crippen MR) is 130 cm³/mol. The lowest BCUT2D eigenvalue weighted by molar-refractivity contribution is 0.106. The first-order valence-corrected chi connectivity index (χ1v) is 14.0. The number of Topliss-reactive ketones (excluding diaryl/α,β-unsaturated/α-hetero) is 1. The van der Waals surface area contributed by atoms with Crippen molar-refractivity contribution < 1.29 is 26.0 Å². The number of sulfonamides is 1. The number of carbonyl (C=O) groups is 1. The summed E-state index contributed by atoms with van der Waals surface area (Å²) >= 11 is 11.6. The monoisotopic (exact) mass is 557 g/mol. The van der Waals surface area contributed by atoms with Gasteiger partial charge in [-0.05, 0) is 48.5 Å². The summed E-state index contributed by atoms with van der Waals surface area (Å²) in [5, 5.41) is 10.8. The zero-order chi connectivity index (χ0) is 25.2. The van der Waals surface area contributed by atoms with Crippen LogP contribution < -0.4 is 10.1 Å². The number of rotatable bonds is 9. The predicted octanol–water partition coefficient (Wildman–Crippen LogP) is 2.44. The third kappa shape index (κ3) is 6.17. The average molecular weight is 558 g/mol. The molecule has 0 fully saturated rings. The summed E-state index contributed by atoms with van der Waals surface area (Å²) in [6, 6.07) is 12.0. The highest BCUT2D eigenvalue weighted by Gasteiger charge is 2.39. The van der Waals surface area contributed by atoms with E-state index >= 15 is 0 Å². The fourth-order valence-electron chi connectivity index (χ4n) is 3.20. The van der Waals surface area contributed by atoms with E-state index in [0.717, 1.165) is 0 Å². The van der Waals surface area contributed by atoms with Gasteiger partial charge in [0, 0.05) is 21.3 Å². The van der Waals surface area contributed by atoms with Gasteiger partial charge in [0.15, 0.2) is 9.84 Å². The molecule has 0 bridgehead atoms. The minimum Gasteiger partial charge on any atom is -0.423 e. The summed E-state index contributed by atoms with van der Waals surface area (Å²) in [5.41, 5.74) is 2.87. The van der Waals surface area contributed by atoms with Gasteiger partial charge in [-0.2, -0.15) is 5.10 Å². The molecule has 2 N–H and O–H groups in total. The second kappa shape index (κ2) is 9.93. The van der Waals surface area contributed by atoms with Gasteiger partial charge in [-0.1, -0.05) is 23.2 Å². The van der Waals surface area contributed by atoms with Crippen LogP contribution in [0.5, 0.6) is 0 Å². The highest BCUT2D eigenvalue weighted by molar-refractivity contribution is 7.92. The van der Waals surface area contributed by atoms with Crippen molar-refractivity contribution in [1.82, 2.24) is 15.6 Å². The van der Waals surface area contributed by atoms with Gasteiger partial charge in [-0.25, -0.2) is 16.8 Å². The van der Waals surface area contributed by atoms with Crippen molar-refractivity contribution in [3.05, 3.63) is 75.9 Å². The largest absolute Gasteiger partial charge is 0.423 e. The Balaban J connectivity index is 1.44. The van der Waals surface area contributed by atoms with Gasteiger partial charge < -0.3 is 9.84 Å². The lowest BCUT2D eigenvalue weighted by Gasteiger charge is -2.11. The Morgan fingerprint density at radius 2 is 1.51 bits per heavy atom. The van der Waals surface area contributed by atoms with E-state index in [1.54, 1.807) is 0 Å². The van der Waals surface area contributed by atoms with Gasteiger partial charge in [0.2, 0.25) is 27.6 Å². The molecule has 2 aromatic carbocycles. The number of anilines is 1. The minimum atomic E-state index is -4.02. The summed E-state index contributed by atoms with van der Waals surface area (Å²) in [6.45, 7) is -0.114. The highest BCUT2D eigenvalue weighted by atomic mass is 35.5. The van der Waals surface area contributed by atoms with Crippen LogP contribution in [0.25, 0.3) is 0 Å². The molecule has 3 aromatic rings. The summed E-state index contributed by atoms with van der Waals surface area (Å²) in [7, 11) is -7.94. The molecule has 0 aliphatic carbocycles. The van der Waals surface area contributed by atoms with Crippen LogP contribution in [-0.2, 0) is 31.4 Å². The molecule has 11 nitrogen and oxygen atoms in total. The Morgan fingerprint density at radius 3 is 2.14 bits per heavy atom. The molecule has 35 heavy (non-hydrogen) atoms. The Labute approximate surface area is 210 Å². The molecule has 15 heteroatoms. The van der Waals surface area contributed by atoms with E-state index in [1.807, 2.05) is 0 Å². The fourth-order valence-corrected chi connectivity index (χ4v) is 5.95. The molecule has 0 unspecified atom stereocenters. The maximum absolute atomic E-state index is 13.0. The number of carbonyl (C=O) groups excluding carboxylic acids is 1. The van der Waals surface area contributed by atoms with Crippen LogP contribution >= 0.6 is 23.2 Å². The van der Waals surface area contributed by atoms with Crippen molar-refractivity contribution in [3.63, 3.8) is 0 Å². The first-order valence-electron chi connectivity index (χ1n) is 9.92. The maximum Gasteiger partial charge on any atom is 0.241 e. The molecular formula is C20H17Cl2N5O6S2. The summed E-state index contributed by atoms with van der Waals surface area (Å²) in [4.78, 5) is 12.8. The molecule has 1 atom stereocenters. The second-order valence-electron chi connectivity index (χ2n) is 7.45.